The molecule has 0 aliphatic carbocycles. The van der Waals surface area contributed by atoms with E-state index in [1.165, 1.54) is 12.1 Å². The van der Waals surface area contributed by atoms with Gasteiger partial charge in [0.2, 0.25) is 5.91 Å². The fraction of sp³-hybridized carbons (Fsp3) is 0.263. The van der Waals surface area contributed by atoms with Gasteiger partial charge in [0.05, 0.1) is 17.4 Å². The maximum Gasteiger partial charge on any atom is 0.356 e. The standard InChI is InChI=1S/C19H19N3O3S/c1-4-25-19(24)16-11-10-14(12-20)17(21-16)26-13(2)18(23)22(3)15-8-6-5-7-9-15/h5-11,13H,4H2,1-3H3. The smallest absolute Gasteiger partial charge is 0.356 e. The molecule has 26 heavy (non-hydrogen) atoms. The number of benzene rings is 1. The molecule has 6 nitrogen and oxygen atoms in total. The molecular formula is C19H19N3O3S. The lowest BCUT2D eigenvalue weighted by atomic mass is 10.2. The quantitative estimate of drug-likeness (QED) is 0.574. The molecule has 0 N–H and O–H groups in total. The van der Waals surface area contributed by atoms with Crippen molar-refractivity contribution in [3.63, 3.8) is 0 Å². The number of nitriles is 1. The number of rotatable bonds is 6. The summed E-state index contributed by atoms with van der Waals surface area (Å²) in [6.45, 7) is 3.68. The maximum atomic E-state index is 12.7. The van der Waals surface area contributed by atoms with Crippen LogP contribution in [0.1, 0.15) is 29.9 Å². The number of esters is 1. The van der Waals surface area contributed by atoms with E-state index < -0.39 is 11.2 Å². The summed E-state index contributed by atoms with van der Waals surface area (Å²) in [5.41, 5.74) is 1.20. The van der Waals surface area contributed by atoms with Gasteiger partial charge in [-0.15, -0.1) is 0 Å². The highest BCUT2D eigenvalue weighted by atomic mass is 32.2. The van der Waals surface area contributed by atoms with Gasteiger partial charge in [0.1, 0.15) is 16.8 Å². The van der Waals surface area contributed by atoms with Crippen LogP contribution in [0.2, 0.25) is 0 Å². The fourth-order valence-electron chi connectivity index (χ4n) is 2.20. The molecule has 1 amide bonds. The van der Waals surface area contributed by atoms with Gasteiger partial charge in [-0.05, 0) is 38.1 Å². The van der Waals surface area contributed by atoms with Crippen LogP contribution in [0.5, 0.6) is 0 Å². The Morgan fingerprint density at radius 2 is 1.96 bits per heavy atom. The molecule has 1 aromatic heterocycles. The number of amides is 1. The molecule has 2 aromatic rings. The van der Waals surface area contributed by atoms with E-state index in [-0.39, 0.29) is 18.2 Å². The van der Waals surface area contributed by atoms with E-state index in [4.69, 9.17) is 4.74 Å². The zero-order chi connectivity index (χ0) is 19.1. The number of thioether (sulfide) groups is 1. The Labute approximate surface area is 156 Å². The third kappa shape index (κ3) is 4.61. The molecule has 1 atom stereocenters. The monoisotopic (exact) mass is 369 g/mol. The minimum absolute atomic E-state index is 0.115. The van der Waals surface area contributed by atoms with Crippen molar-refractivity contribution in [1.82, 2.24) is 4.98 Å². The molecule has 134 valence electrons. The summed E-state index contributed by atoms with van der Waals surface area (Å²) in [5, 5.41) is 9.12. The number of hydrogen-bond donors (Lipinski definition) is 0. The summed E-state index contributed by atoms with van der Waals surface area (Å²) in [6.07, 6.45) is 0. The number of carbonyl (C=O) groups is 2. The number of pyridine rings is 1. The minimum Gasteiger partial charge on any atom is -0.461 e. The van der Waals surface area contributed by atoms with Gasteiger partial charge in [0, 0.05) is 12.7 Å². The van der Waals surface area contributed by atoms with Gasteiger partial charge < -0.3 is 9.64 Å². The van der Waals surface area contributed by atoms with E-state index >= 15 is 0 Å². The lowest BCUT2D eigenvalue weighted by molar-refractivity contribution is -0.117. The van der Waals surface area contributed by atoms with Crippen LogP contribution in [0, 0.1) is 11.3 Å². The summed E-state index contributed by atoms with van der Waals surface area (Å²) in [7, 11) is 1.70. The number of ether oxygens (including phenoxy) is 1. The Morgan fingerprint density at radius 1 is 1.27 bits per heavy atom. The van der Waals surface area contributed by atoms with Crippen molar-refractivity contribution in [1.29, 1.82) is 5.26 Å². The maximum absolute atomic E-state index is 12.7. The molecule has 2 rings (SSSR count). The highest BCUT2D eigenvalue weighted by Gasteiger charge is 2.22. The Balaban J connectivity index is 2.20. The van der Waals surface area contributed by atoms with Crippen molar-refractivity contribution < 1.29 is 14.3 Å². The topological polar surface area (TPSA) is 83.3 Å². The van der Waals surface area contributed by atoms with Crippen molar-refractivity contribution in [3.8, 4) is 6.07 Å². The first-order valence-electron chi connectivity index (χ1n) is 8.05. The zero-order valence-electron chi connectivity index (χ0n) is 14.8. The van der Waals surface area contributed by atoms with Crippen LogP contribution >= 0.6 is 11.8 Å². The lowest BCUT2D eigenvalue weighted by Gasteiger charge is -2.21. The van der Waals surface area contributed by atoms with Gasteiger partial charge >= 0.3 is 5.97 Å². The van der Waals surface area contributed by atoms with Crippen molar-refractivity contribution >= 4 is 29.3 Å². The van der Waals surface area contributed by atoms with Crippen LogP contribution in [0.3, 0.4) is 0 Å². The normalized spacial score (nSPS) is 11.3. The number of nitrogens with zero attached hydrogens (tertiary/aromatic N) is 3. The van der Waals surface area contributed by atoms with Crippen LogP contribution in [0.15, 0.2) is 47.5 Å². The lowest BCUT2D eigenvalue weighted by Crippen LogP contribution is -2.33. The second kappa shape index (κ2) is 9.02. The number of hydrogen-bond acceptors (Lipinski definition) is 6. The third-order valence-electron chi connectivity index (χ3n) is 3.58. The molecule has 1 heterocycles. The second-order valence-electron chi connectivity index (χ2n) is 5.37. The molecule has 0 aliphatic rings. The molecule has 0 saturated heterocycles. The minimum atomic E-state index is -0.556. The number of carbonyl (C=O) groups excluding carboxylic acids is 2. The predicted octanol–water partition coefficient (Wildman–Crippen LogP) is 3.27. The van der Waals surface area contributed by atoms with Gasteiger partial charge in [-0.25, -0.2) is 9.78 Å². The summed E-state index contributed by atoms with van der Waals surface area (Å²) in [4.78, 5) is 30.3. The Hall–Kier alpha value is -2.85. The van der Waals surface area contributed by atoms with Crippen LogP contribution in [-0.2, 0) is 9.53 Å². The van der Waals surface area contributed by atoms with Crippen LogP contribution in [-0.4, -0.2) is 35.8 Å². The molecule has 1 aromatic carbocycles. The number of anilines is 1. The van der Waals surface area contributed by atoms with E-state index in [1.54, 1.807) is 25.8 Å². The first-order valence-corrected chi connectivity index (χ1v) is 8.93. The molecule has 1 unspecified atom stereocenters. The SMILES string of the molecule is CCOC(=O)c1ccc(C#N)c(SC(C)C(=O)N(C)c2ccccc2)n1. The first-order chi connectivity index (χ1) is 12.5. The molecular weight excluding hydrogens is 350 g/mol. The van der Waals surface area contributed by atoms with E-state index in [9.17, 15) is 14.9 Å². The second-order valence-corrected chi connectivity index (χ2v) is 6.70. The molecule has 0 bridgehead atoms. The Bertz CT molecular complexity index is 834. The molecule has 0 spiro atoms. The molecule has 0 radical (unpaired) electrons. The van der Waals surface area contributed by atoms with Crippen LogP contribution < -0.4 is 4.90 Å². The highest BCUT2D eigenvalue weighted by Crippen LogP contribution is 2.27. The highest BCUT2D eigenvalue weighted by molar-refractivity contribution is 8.00. The van der Waals surface area contributed by atoms with Crippen molar-refractivity contribution in [3.05, 3.63) is 53.7 Å². The number of para-hydroxylation sites is 1. The van der Waals surface area contributed by atoms with Gasteiger partial charge in [-0.3, -0.25) is 4.79 Å². The predicted molar refractivity (Wildman–Crippen MR) is 100 cm³/mol. The Morgan fingerprint density at radius 3 is 2.58 bits per heavy atom. The summed E-state index contributed by atoms with van der Waals surface area (Å²) < 4.78 is 4.94. The number of aromatic nitrogens is 1. The van der Waals surface area contributed by atoms with E-state index in [2.05, 4.69) is 4.98 Å². The average Bonchev–Trinajstić information content (AvgIpc) is 2.67. The summed E-state index contributed by atoms with van der Waals surface area (Å²) >= 11 is 1.14. The summed E-state index contributed by atoms with van der Waals surface area (Å²) in [5.74, 6) is -0.687. The summed E-state index contributed by atoms with van der Waals surface area (Å²) in [6, 6.07) is 14.3. The first kappa shape index (κ1) is 19.5. The molecule has 7 heteroatoms. The van der Waals surface area contributed by atoms with Gasteiger partial charge in [0.15, 0.2) is 0 Å². The van der Waals surface area contributed by atoms with Crippen LogP contribution in [0.4, 0.5) is 5.69 Å². The zero-order valence-corrected chi connectivity index (χ0v) is 15.6. The van der Waals surface area contributed by atoms with Crippen molar-refractivity contribution in [2.75, 3.05) is 18.6 Å². The van der Waals surface area contributed by atoms with E-state index in [0.29, 0.717) is 10.6 Å². The van der Waals surface area contributed by atoms with E-state index in [1.807, 2.05) is 36.4 Å². The third-order valence-corrected chi connectivity index (χ3v) is 4.67. The van der Waals surface area contributed by atoms with Crippen LogP contribution in [0.25, 0.3) is 0 Å². The molecule has 0 fully saturated rings. The largest absolute Gasteiger partial charge is 0.461 e. The average molecular weight is 369 g/mol. The fourth-order valence-corrected chi connectivity index (χ4v) is 3.19. The van der Waals surface area contributed by atoms with Gasteiger partial charge in [0.25, 0.3) is 0 Å². The van der Waals surface area contributed by atoms with Crippen molar-refractivity contribution in [2.45, 2.75) is 24.1 Å². The van der Waals surface area contributed by atoms with Crippen molar-refractivity contribution in [2.24, 2.45) is 0 Å². The molecule has 0 saturated carbocycles. The van der Waals surface area contributed by atoms with E-state index in [0.717, 1.165) is 17.4 Å². The van der Waals surface area contributed by atoms with Gasteiger partial charge in [-0.1, -0.05) is 30.0 Å². The molecule has 0 aliphatic heterocycles. The van der Waals surface area contributed by atoms with Gasteiger partial charge in [-0.2, -0.15) is 5.26 Å². The Kier molecular flexibility index (Phi) is 6.75.